The van der Waals surface area contributed by atoms with Crippen molar-refractivity contribution >= 4 is 29.4 Å². The molecule has 0 bridgehead atoms. The van der Waals surface area contributed by atoms with Gasteiger partial charge >= 0.3 is 6.03 Å². The summed E-state index contributed by atoms with van der Waals surface area (Å²) in [5.74, 6) is 0.315. The van der Waals surface area contributed by atoms with E-state index in [9.17, 15) is 9.59 Å². The van der Waals surface area contributed by atoms with E-state index in [2.05, 4.69) is 20.8 Å². The molecule has 0 radical (unpaired) electrons. The molecule has 1 heterocycles. The Morgan fingerprint density at radius 3 is 2.39 bits per heavy atom. The fraction of sp³-hybridized carbons (Fsp3) is 0.200. The normalized spacial score (nSPS) is 11.7. The fourth-order valence-electron chi connectivity index (χ4n) is 2.48. The topological polar surface area (TPSA) is 88.9 Å². The number of anilines is 1. The van der Waals surface area contributed by atoms with Crippen molar-refractivity contribution in [2.75, 3.05) is 5.32 Å². The summed E-state index contributed by atoms with van der Waals surface area (Å²) in [5.41, 5.74) is 2.73. The summed E-state index contributed by atoms with van der Waals surface area (Å²) in [4.78, 5) is 24.3. The second-order valence-corrected chi connectivity index (χ2v) is 7.61. The number of thioether (sulfide) groups is 1. The van der Waals surface area contributed by atoms with Gasteiger partial charge in [-0.25, -0.2) is 4.79 Å². The van der Waals surface area contributed by atoms with Crippen LogP contribution in [0.3, 0.4) is 0 Å². The molecule has 3 aromatic rings. The number of hydrogen-bond donors (Lipinski definition) is 2. The number of para-hydroxylation sites is 1. The molecule has 1 atom stereocenters. The molecule has 1 aromatic heterocycles. The third-order valence-electron chi connectivity index (χ3n) is 4.06. The van der Waals surface area contributed by atoms with Gasteiger partial charge < -0.3 is 9.88 Å². The number of amides is 3. The highest BCUT2D eigenvalue weighted by Gasteiger charge is 2.21. The number of carbonyl (C=O) groups is 2. The molecule has 0 spiro atoms. The number of carbonyl (C=O) groups excluding carboxylic acids is 2. The van der Waals surface area contributed by atoms with Gasteiger partial charge in [0.2, 0.25) is 5.91 Å². The summed E-state index contributed by atoms with van der Waals surface area (Å²) in [7, 11) is 1.85. The monoisotopic (exact) mass is 395 g/mol. The van der Waals surface area contributed by atoms with Crippen molar-refractivity contribution in [3.63, 3.8) is 0 Å². The number of urea groups is 1. The van der Waals surface area contributed by atoms with E-state index in [1.807, 2.05) is 48.9 Å². The van der Waals surface area contributed by atoms with Gasteiger partial charge in [0, 0.05) is 18.3 Å². The maximum absolute atomic E-state index is 12.3. The smallest absolute Gasteiger partial charge is 0.308 e. The predicted molar refractivity (Wildman–Crippen MR) is 110 cm³/mol. The second-order valence-electron chi connectivity index (χ2n) is 6.30. The fourth-order valence-corrected chi connectivity index (χ4v) is 3.30. The van der Waals surface area contributed by atoms with Crippen molar-refractivity contribution in [1.29, 1.82) is 0 Å². The standard InChI is InChI=1S/C20H21N5O2S/c1-13-9-11-15(12-10-13)17-23-24-20(25(17)3)28-14(2)18(26)22-19(27)21-16-7-5-4-6-8-16/h4-12,14H,1-3H3,(H2,21,22,26,27). The average molecular weight is 395 g/mol. The number of nitrogens with one attached hydrogen (secondary N) is 2. The molecular weight excluding hydrogens is 374 g/mol. The molecule has 0 aliphatic carbocycles. The zero-order chi connectivity index (χ0) is 20.1. The van der Waals surface area contributed by atoms with Crippen LogP contribution in [0.5, 0.6) is 0 Å². The van der Waals surface area contributed by atoms with Crippen LogP contribution in [0, 0.1) is 6.92 Å². The van der Waals surface area contributed by atoms with Gasteiger partial charge in [-0.05, 0) is 26.0 Å². The van der Waals surface area contributed by atoms with Crippen LogP contribution in [0.4, 0.5) is 10.5 Å². The molecule has 8 heteroatoms. The van der Waals surface area contributed by atoms with Gasteiger partial charge in [0.25, 0.3) is 0 Å². The molecule has 0 fully saturated rings. The Bertz CT molecular complexity index is 970. The third-order valence-corrected chi connectivity index (χ3v) is 5.20. The number of imide groups is 1. The highest BCUT2D eigenvalue weighted by molar-refractivity contribution is 8.00. The van der Waals surface area contributed by atoms with Gasteiger partial charge in [0.15, 0.2) is 11.0 Å². The Morgan fingerprint density at radius 1 is 1.04 bits per heavy atom. The molecule has 3 rings (SSSR count). The Labute approximate surface area is 167 Å². The molecule has 2 aromatic carbocycles. The number of nitrogens with zero attached hydrogens (tertiary/aromatic N) is 3. The van der Waals surface area contributed by atoms with Gasteiger partial charge in [0.05, 0.1) is 5.25 Å². The van der Waals surface area contributed by atoms with E-state index in [0.29, 0.717) is 10.8 Å². The lowest BCUT2D eigenvalue weighted by Gasteiger charge is -2.11. The van der Waals surface area contributed by atoms with Crippen molar-refractivity contribution in [1.82, 2.24) is 20.1 Å². The van der Waals surface area contributed by atoms with Crippen molar-refractivity contribution in [3.8, 4) is 11.4 Å². The summed E-state index contributed by atoms with van der Waals surface area (Å²) in [6, 6.07) is 16.4. The average Bonchev–Trinajstić information content (AvgIpc) is 3.03. The molecule has 2 N–H and O–H groups in total. The van der Waals surface area contributed by atoms with Crippen molar-refractivity contribution in [3.05, 3.63) is 60.2 Å². The quantitative estimate of drug-likeness (QED) is 0.644. The van der Waals surface area contributed by atoms with E-state index in [1.165, 1.54) is 17.3 Å². The number of aryl methyl sites for hydroxylation is 1. The summed E-state index contributed by atoms with van der Waals surface area (Å²) in [5, 5.41) is 13.5. The first-order chi connectivity index (χ1) is 13.4. The molecular formula is C20H21N5O2S. The molecule has 0 saturated heterocycles. The summed E-state index contributed by atoms with van der Waals surface area (Å²) >= 11 is 1.24. The number of hydrogen-bond acceptors (Lipinski definition) is 5. The first-order valence-electron chi connectivity index (χ1n) is 8.74. The van der Waals surface area contributed by atoms with Crippen LogP contribution in [0.1, 0.15) is 12.5 Å². The van der Waals surface area contributed by atoms with Crippen LogP contribution in [0.2, 0.25) is 0 Å². The van der Waals surface area contributed by atoms with Crippen molar-refractivity contribution in [2.45, 2.75) is 24.3 Å². The number of aromatic nitrogens is 3. The first-order valence-corrected chi connectivity index (χ1v) is 9.62. The lowest BCUT2D eigenvalue weighted by atomic mass is 10.1. The zero-order valence-corrected chi connectivity index (χ0v) is 16.7. The molecule has 0 aliphatic heterocycles. The highest BCUT2D eigenvalue weighted by Crippen LogP contribution is 2.25. The van der Waals surface area contributed by atoms with E-state index in [-0.39, 0.29) is 0 Å². The molecule has 28 heavy (non-hydrogen) atoms. The van der Waals surface area contributed by atoms with Gasteiger partial charge in [0.1, 0.15) is 0 Å². The molecule has 0 saturated carbocycles. The van der Waals surface area contributed by atoms with Crippen LogP contribution < -0.4 is 10.6 Å². The van der Waals surface area contributed by atoms with Crippen molar-refractivity contribution in [2.24, 2.45) is 7.05 Å². The lowest BCUT2D eigenvalue weighted by Crippen LogP contribution is -2.38. The summed E-state index contributed by atoms with van der Waals surface area (Å²) in [6.07, 6.45) is 0. The van der Waals surface area contributed by atoms with Crippen molar-refractivity contribution < 1.29 is 9.59 Å². The van der Waals surface area contributed by atoms with Gasteiger partial charge in [-0.2, -0.15) is 0 Å². The van der Waals surface area contributed by atoms with Crippen LogP contribution in [-0.4, -0.2) is 32.0 Å². The molecule has 144 valence electrons. The van der Waals surface area contributed by atoms with E-state index in [0.717, 1.165) is 11.4 Å². The van der Waals surface area contributed by atoms with E-state index in [4.69, 9.17) is 0 Å². The van der Waals surface area contributed by atoms with Gasteiger partial charge in [-0.3, -0.25) is 10.1 Å². The minimum absolute atomic E-state index is 0.404. The van der Waals surface area contributed by atoms with Crippen LogP contribution in [-0.2, 0) is 11.8 Å². The van der Waals surface area contributed by atoms with E-state index < -0.39 is 17.2 Å². The molecule has 0 aliphatic rings. The lowest BCUT2D eigenvalue weighted by molar-refractivity contribution is -0.119. The first kappa shape index (κ1) is 19.6. The zero-order valence-electron chi connectivity index (χ0n) is 15.8. The molecule has 3 amide bonds. The maximum Gasteiger partial charge on any atom is 0.325 e. The predicted octanol–water partition coefficient (Wildman–Crippen LogP) is 3.62. The van der Waals surface area contributed by atoms with E-state index >= 15 is 0 Å². The highest BCUT2D eigenvalue weighted by atomic mass is 32.2. The summed E-state index contributed by atoms with van der Waals surface area (Å²) < 4.78 is 1.84. The Kier molecular flexibility index (Phi) is 6.10. The van der Waals surface area contributed by atoms with Crippen LogP contribution in [0.15, 0.2) is 59.8 Å². The van der Waals surface area contributed by atoms with Crippen LogP contribution in [0.25, 0.3) is 11.4 Å². The Balaban J connectivity index is 1.61. The molecule has 1 unspecified atom stereocenters. The number of rotatable bonds is 5. The largest absolute Gasteiger partial charge is 0.325 e. The minimum Gasteiger partial charge on any atom is -0.308 e. The minimum atomic E-state index is -0.568. The van der Waals surface area contributed by atoms with E-state index in [1.54, 1.807) is 31.2 Å². The molecule has 7 nitrogen and oxygen atoms in total. The maximum atomic E-state index is 12.3. The second kappa shape index (κ2) is 8.71. The Hall–Kier alpha value is -3.13. The van der Waals surface area contributed by atoms with Gasteiger partial charge in [-0.1, -0.05) is 59.8 Å². The third kappa shape index (κ3) is 4.77. The van der Waals surface area contributed by atoms with Gasteiger partial charge in [-0.15, -0.1) is 10.2 Å². The Morgan fingerprint density at radius 2 is 1.71 bits per heavy atom. The van der Waals surface area contributed by atoms with Crippen LogP contribution >= 0.6 is 11.8 Å². The number of benzene rings is 2. The SMILES string of the molecule is Cc1ccc(-c2nnc(SC(C)C(=O)NC(=O)Nc3ccccc3)n2C)cc1. The summed E-state index contributed by atoms with van der Waals surface area (Å²) in [6.45, 7) is 3.74.